The number of fused-ring (bicyclic) bond motifs is 1. The lowest BCUT2D eigenvalue weighted by Gasteiger charge is -2.17. The van der Waals surface area contributed by atoms with Gasteiger partial charge in [0.2, 0.25) is 0 Å². The van der Waals surface area contributed by atoms with Crippen molar-refractivity contribution in [1.29, 1.82) is 0 Å². The van der Waals surface area contributed by atoms with E-state index in [1.165, 1.54) is 10.8 Å². The Kier molecular flexibility index (Phi) is 2.90. The smallest absolute Gasteiger partial charge is 0.0917 e. The predicted octanol–water partition coefficient (Wildman–Crippen LogP) is 3.08. The number of ether oxygens (including phenoxy) is 1. The maximum atomic E-state index is 9.44. The molecule has 1 fully saturated rings. The van der Waals surface area contributed by atoms with Crippen molar-refractivity contribution in [2.24, 2.45) is 5.92 Å². The van der Waals surface area contributed by atoms with E-state index >= 15 is 0 Å². The molecular weight excluding hydrogens is 224 g/mol. The van der Waals surface area contributed by atoms with Gasteiger partial charge in [-0.15, -0.1) is 0 Å². The van der Waals surface area contributed by atoms with Gasteiger partial charge in [0.25, 0.3) is 0 Å². The maximum absolute atomic E-state index is 9.44. The van der Waals surface area contributed by atoms with Crippen molar-refractivity contribution >= 4 is 10.8 Å². The van der Waals surface area contributed by atoms with Gasteiger partial charge in [-0.1, -0.05) is 43.0 Å². The van der Waals surface area contributed by atoms with Crippen LogP contribution < -0.4 is 0 Å². The van der Waals surface area contributed by atoms with Crippen molar-refractivity contribution in [2.45, 2.75) is 6.10 Å². The fraction of sp³-hybridized carbons (Fsp3) is 0.250. The van der Waals surface area contributed by atoms with E-state index in [0.29, 0.717) is 6.61 Å². The van der Waals surface area contributed by atoms with Crippen LogP contribution >= 0.6 is 0 Å². The van der Waals surface area contributed by atoms with Crippen LogP contribution in [0.2, 0.25) is 0 Å². The van der Waals surface area contributed by atoms with Gasteiger partial charge in [0.15, 0.2) is 0 Å². The van der Waals surface area contributed by atoms with Gasteiger partial charge in [0.1, 0.15) is 0 Å². The number of aliphatic hydroxyl groups excluding tert-OH is 1. The maximum Gasteiger partial charge on any atom is 0.0917 e. The summed E-state index contributed by atoms with van der Waals surface area (Å²) < 4.78 is 5.74. The highest BCUT2D eigenvalue weighted by molar-refractivity contribution is 5.83. The number of benzene rings is 2. The summed E-state index contributed by atoms with van der Waals surface area (Å²) in [6.45, 7) is 4.60. The Morgan fingerprint density at radius 1 is 1.17 bits per heavy atom. The Labute approximate surface area is 107 Å². The van der Waals surface area contributed by atoms with E-state index < -0.39 is 0 Å². The third-order valence-electron chi connectivity index (χ3n) is 3.64. The molecule has 1 aliphatic heterocycles. The van der Waals surface area contributed by atoms with Crippen molar-refractivity contribution in [2.75, 3.05) is 13.2 Å². The summed E-state index contributed by atoms with van der Waals surface area (Å²) in [5.74, 6) is 0.0196. The molecule has 2 aromatic rings. The van der Waals surface area contributed by atoms with E-state index in [2.05, 4.69) is 36.9 Å². The van der Waals surface area contributed by atoms with E-state index in [-0.39, 0.29) is 18.6 Å². The van der Waals surface area contributed by atoms with Crippen LogP contribution in [0.4, 0.5) is 0 Å². The van der Waals surface area contributed by atoms with Crippen molar-refractivity contribution in [3.8, 4) is 0 Å². The van der Waals surface area contributed by atoms with Crippen LogP contribution in [-0.2, 0) is 4.74 Å². The lowest BCUT2D eigenvalue weighted by atomic mass is 9.92. The lowest BCUT2D eigenvalue weighted by Crippen LogP contribution is -2.12. The summed E-state index contributed by atoms with van der Waals surface area (Å²) >= 11 is 0. The third-order valence-corrected chi connectivity index (χ3v) is 3.64. The van der Waals surface area contributed by atoms with Crippen molar-refractivity contribution in [3.05, 3.63) is 60.2 Å². The summed E-state index contributed by atoms with van der Waals surface area (Å²) in [6, 6.07) is 14.6. The van der Waals surface area contributed by atoms with Gasteiger partial charge in [-0.25, -0.2) is 0 Å². The van der Waals surface area contributed by atoms with Gasteiger partial charge in [-0.3, -0.25) is 0 Å². The molecule has 0 aliphatic carbocycles. The second-order valence-electron chi connectivity index (χ2n) is 4.79. The standard InChI is InChI=1S/C16H16O2/c1-11-10-18-16(15(11)9-17)14-7-6-12-4-2-3-5-13(12)8-14/h2-8,15-17H,1,9-10H2/t15-,16+/m0/s1. The number of aliphatic hydroxyl groups is 1. The summed E-state index contributed by atoms with van der Waals surface area (Å²) in [6.07, 6.45) is -0.0629. The van der Waals surface area contributed by atoms with Crippen LogP contribution in [0, 0.1) is 5.92 Å². The summed E-state index contributed by atoms with van der Waals surface area (Å²) in [5, 5.41) is 11.9. The van der Waals surface area contributed by atoms with E-state index in [1.807, 2.05) is 12.1 Å². The molecule has 0 spiro atoms. The Morgan fingerprint density at radius 3 is 2.72 bits per heavy atom. The first-order chi connectivity index (χ1) is 8.79. The minimum atomic E-state index is -0.0629. The molecule has 1 N–H and O–H groups in total. The molecule has 2 atom stereocenters. The van der Waals surface area contributed by atoms with Gasteiger partial charge in [0.05, 0.1) is 19.3 Å². The minimum absolute atomic E-state index is 0.0196. The van der Waals surface area contributed by atoms with Crippen molar-refractivity contribution in [3.63, 3.8) is 0 Å². The second kappa shape index (κ2) is 4.56. The van der Waals surface area contributed by atoms with Crippen LogP contribution in [0.3, 0.4) is 0 Å². The monoisotopic (exact) mass is 240 g/mol. The molecule has 92 valence electrons. The fourth-order valence-electron chi connectivity index (χ4n) is 2.57. The van der Waals surface area contributed by atoms with E-state index in [0.717, 1.165) is 11.1 Å². The van der Waals surface area contributed by atoms with Gasteiger partial charge in [-0.2, -0.15) is 0 Å². The topological polar surface area (TPSA) is 29.5 Å². The predicted molar refractivity (Wildman–Crippen MR) is 72.4 cm³/mol. The van der Waals surface area contributed by atoms with Crippen LogP contribution in [0.25, 0.3) is 10.8 Å². The molecule has 0 saturated carbocycles. The molecule has 3 rings (SSSR count). The largest absolute Gasteiger partial charge is 0.396 e. The molecule has 0 bridgehead atoms. The van der Waals surface area contributed by atoms with E-state index in [4.69, 9.17) is 4.74 Å². The first kappa shape index (κ1) is 11.5. The van der Waals surface area contributed by atoms with Gasteiger partial charge in [-0.05, 0) is 28.0 Å². The van der Waals surface area contributed by atoms with E-state index in [1.54, 1.807) is 0 Å². The molecule has 2 aromatic carbocycles. The Morgan fingerprint density at radius 2 is 1.94 bits per heavy atom. The molecular formula is C16H16O2. The molecule has 0 unspecified atom stereocenters. The normalized spacial score (nSPS) is 23.7. The van der Waals surface area contributed by atoms with Gasteiger partial charge in [0, 0.05) is 5.92 Å². The zero-order valence-electron chi connectivity index (χ0n) is 10.2. The first-order valence-electron chi connectivity index (χ1n) is 6.18. The zero-order chi connectivity index (χ0) is 12.5. The van der Waals surface area contributed by atoms with Crippen LogP contribution in [0.15, 0.2) is 54.6 Å². The first-order valence-corrected chi connectivity index (χ1v) is 6.18. The summed E-state index contributed by atoms with van der Waals surface area (Å²) in [5.41, 5.74) is 2.10. The molecule has 2 nitrogen and oxygen atoms in total. The molecule has 0 aromatic heterocycles. The second-order valence-corrected chi connectivity index (χ2v) is 4.79. The van der Waals surface area contributed by atoms with Crippen molar-refractivity contribution in [1.82, 2.24) is 0 Å². The van der Waals surface area contributed by atoms with Crippen LogP contribution in [0.5, 0.6) is 0 Å². The lowest BCUT2D eigenvalue weighted by molar-refractivity contribution is 0.0722. The molecule has 1 saturated heterocycles. The summed E-state index contributed by atoms with van der Waals surface area (Å²) in [4.78, 5) is 0. The molecule has 1 heterocycles. The SMILES string of the molecule is C=C1CO[C@H](c2ccc3ccccc3c2)[C@H]1CO. The Balaban J connectivity index is 2.01. The molecule has 18 heavy (non-hydrogen) atoms. The highest BCUT2D eigenvalue weighted by Gasteiger charge is 2.32. The van der Waals surface area contributed by atoms with Crippen LogP contribution in [0.1, 0.15) is 11.7 Å². The Bertz CT molecular complexity index is 588. The van der Waals surface area contributed by atoms with Gasteiger partial charge >= 0.3 is 0 Å². The van der Waals surface area contributed by atoms with E-state index in [9.17, 15) is 5.11 Å². The fourth-order valence-corrected chi connectivity index (χ4v) is 2.57. The molecule has 1 aliphatic rings. The average molecular weight is 240 g/mol. The quantitative estimate of drug-likeness (QED) is 0.817. The Hall–Kier alpha value is -1.64. The van der Waals surface area contributed by atoms with Crippen LogP contribution in [-0.4, -0.2) is 18.3 Å². The molecule has 0 amide bonds. The average Bonchev–Trinajstić information content (AvgIpc) is 2.79. The van der Waals surface area contributed by atoms with Crippen molar-refractivity contribution < 1.29 is 9.84 Å². The number of rotatable bonds is 2. The highest BCUT2D eigenvalue weighted by atomic mass is 16.5. The zero-order valence-corrected chi connectivity index (χ0v) is 10.2. The number of hydrogen-bond acceptors (Lipinski definition) is 2. The third kappa shape index (κ3) is 1.84. The number of hydrogen-bond donors (Lipinski definition) is 1. The summed E-state index contributed by atoms with van der Waals surface area (Å²) in [7, 11) is 0. The minimum Gasteiger partial charge on any atom is -0.396 e. The molecule has 2 heteroatoms. The van der Waals surface area contributed by atoms with Gasteiger partial charge < -0.3 is 9.84 Å². The highest BCUT2D eigenvalue weighted by Crippen LogP contribution is 2.37. The molecule has 0 radical (unpaired) electrons.